The van der Waals surface area contributed by atoms with Crippen LogP contribution >= 0.6 is 0 Å². The van der Waals surface area contributed by atoms with E-state index in [0.29, 0.717) is 6.04 Å². The number of hydrogen-bond acceptors (Lipinski definition) is 4. The number of hydrogen-bond donors (Lipinski definition) is 1. The van der Waals surface area contributed by atoms with E-state index in [2.05, 4.69) is 21.7 Å². The van der Waals surface area contributed by atoms with Crippen molar-refractivity contribution in [3.8, 4) is 0 Å². The van der Waals surface area contributed by atoms with E-state index in [9.17, 15) is 5.11 Å². The highest BCUT2D eigenvalue weighted by Crippen LogP contribution is 2.28. The number of aliphatic hydroxyl groups excluding tert-OH is 1. The molecule has 0 amide bonds. The summed E-state index contributed by atoms with van der Waals surface area (Å²) in [5.41, 5.74) is 2.08. The topological polar surface area (TPSA) is 59.1 Å². The van der Waals surface area contributed by atoms with Crippen LogP contribution in [0.4, 0.5) is 0 Å². The molecular formula is C16H23N5O. The van der Waals surface area contributed by atoms with Gasteiger partial charge in [0.15, 0.2) is 0 Å². The molecule has 2 atom stereocenters. The van der Waals surface area contributed by atoms with Crippen LogP contribution in [0.2, 0.25) is 0 Å². The van der Waals surface area contributed by atoms with Gasteiger partial charge in [-0.25, -0.2) is 4.68 Å². The summed E-state index contributed by atoms with van der Waals surface area (Å²) >= 11 is 0. The predicted molar refractivity (Wildman–Crippen MR) is 84.8 cm³/mol. The van der Waals surface area contributed by atoms with Crippen LogP contribution in [0.5, 0.6) is 0 Å². The van der Waals surface area contributed by atoms with Crippen LogP contribution < -0.4 is 0 Å². The second-order valence-corrected chi connectivity index (χ2v) is 5.98. The summed E-state index contributed by atoms with van der Waals surface area (Å²) < 4.78 is 3.46. The second kappa shape index (κ2) is 6.46. The highest BCUT2D eigenvalue weighted by atomic mass is 16.3. The Bertz CT molecular complexity index is 632. The Kier molecular flexibility index (Phi) is 4.40. The third-order valence-electron chi connectivity index (χ3n) is 4.33. The molecule has 6 heteroatoms. The Hall–Kier alpha value is -1.92. The second-order valence-electron chi connectivity index (χ2n) is 5.98. The first-order valence-corrected chi connectivity index (χ1v) is 7.72. The van der Waals surface area contributed by atoms with Crippen molar-refractivity contribution in [2.24, 2.45) is 7.05 Å². The number of likely N-dealkylation sites (tertiary alicyclic amines) is 1. The van der Waals surface area contributed by atoms with Crippen LogP contribution in [0.25, 0.3) is 6.20 Å². The van der Waals surface area contributed by atoms with Gasteiger partial charge in [0.1, 0.15) is 0 Å². The van der Waals surface area contributed by atoms with E-state index in [1.165, 1.54) is 12.0 Å². The molecule has 22 heavy (non-hydrogen) atoms. The van der Waals surface area contributed by atoms with Gasteiger partial charge in [-0.15, -0.1) is 0 Å². The van der Waals surface area contributed by atoms with E-state index in [1.54, 1.807) is 21.8 Å². The number of nitrogens with zero attached hydrogens (tertiary/aromatic N) is 5. The van der Waals surface area contributed by atoms with Crippen LogP contribution in [-0.2, 0) is 13.6 Å². The number of rotatable bonds is 6. The van der Waals surface area contributed by atoms with Gasteiger partial charge in [0, 0.05) is 49.4 Å². The van der Waals surface area contributed by atoms with Gasteiger partial charge in [0.25, 0.3) is 0 Å². The summed E-state index contributed by atoms with van der Waals surface area (Å²) in [5, 5.41) is 18.8. The van der Waals surface area contributed by atoms with Crippen molar-refractivity contribution in [3.05, 3.63) is 42.5 Å². The van der Waals surface area contributed by atoms with Crippen LogP contribution in [0, 0.1) is 0 Å². The van der Waals surface area contributed by atoms with E-state index < -0.39 is 6.10 Å². The van der Waals surface area contributed by atoms with E-state index in [-0.39, 0.29) is 0 Å². The molecule has 1 aliphatic rings. The van der Waals surface area contributed by atoms with E-state index >= 15 is 0 Å². The Balaban J connectivity index is 1.61. The maximum absolute atomic E-state index is 10.4. The van der Waals surface area contributed by atoms with Crippen molar-refractivity contribution < 1.29 is 5.11 Å². The summed E-state index contributed by atoms with van der Waals surface area (Å²) in [4.78, 5) is 2.43. The van der Waals surface area contributed by atoms with Crippen LogP contribution in [0.3, 0.4) is 0 Å². The average molecular weight is 301 g/mol. The first kappa shape index (κ1) is 15.0. The minimum absolute atomic E-state index is 0.405. The van der Waals surface area contributed by atoms with Gasteiger partial charge in [-0.2, -0.15) is 10.2 Å². The fraction of sp³-hybridized carbons (Fsp3) is 0.500. The van der Waals surface area contributed by atoms with Crippen molar-refractivity contribution in [1.82, 2.24) is 24.5 Å². The summed E-state index contributed by atoms with van der Waals surface area (Å²) in [6.07, 6.45) is 11.8. The maximum Gasteiger partial charge on any atom is 0.0835 e. The smallest absolute Gasteiger partial charge is 0.0835 e. The minimum atomic E-state index is -0.449. The standard InChI is InChI=1S/C16H23N5O/c1-3-21-11-13(8-18-21)10-20-6-4-5-15(20)7-16(22)14-9-17-19(2)12-14/h3,8-9,11-12,15-16,22H,1,4-7,10H2,2H3. The lowest BCUT2D eigenvalue weighted by atomic mass is 10.0. The van der Waals surface area contributed by atoms with Crippen molar-refractivity contribution in [3.63, 3.8) is 0 Å². The summed E-state index contributed by atoms with van der Waals surface area (Å²) in [5.74, 6) is 0. The highest BCUT2D eigenvalue weighted by Gasteiger charge is 2.27. The quantitative estimate of drug-likeness (QED) is 0.884. The van der Waals surface area contributed by atoms with Crippen molar-refractivity contribution >= 4 is 6.20 Å². The molecule has 0 radical (unpaired) electrons. The monoisotopic (exact) mass is 301 g/mol. The van der Waals surface area contributed by atoms with Crippen LogP contribution in [0.15, 0.2) is 31.4 Å². The molecule has 2 aromatic rings. The van der Waals surface area contributed by atoms with E-state index in [0.717, 1.165) is 31.5 Å². The molecule has 3 heterocycles. The summed E-state index contributed by atoms with van der Waals surface area (Å²) in [6, 6.07) is 0.405. The predicted octanol–water partition coefficient (Wildman–Crippen LogP) is 1.81. The zero-order valence-corrected chi connectivity index (χ0v) is 13.0. The lowest BCUT2D eigenvalue weighted by Crippen LogP contribution is -2.30. The van der Waals surface area contributed by atoms with Crippen molar-refractivity contribution in [1.29, 1.82) is 0 Å². The normalized spacial score (nSPS) is 20.4. The zero-order valence-electron chi connectivity index (χ0n) is 13.0. The Morgan fingerprint density at radius 3 is 2.95 bits per heavy atom. The van der Waals surface area contributed by atoms with E-state index in [4.69, 9.17) is 0 Å². The lowest BCUT2D eigenvalue weighted by molar-refractivity contribution is 0.118. The molecule has 0 bridgehead atoms. The third-order valence-corrected chi connectivity index (χ3v) is 4.33. The molecule has 2 unspecified atom stereocenters. The number of aromatic nitrogens is 4. The molecular weight excluding hydrogens is 278 g/mol. The summed E-state index contributed by atoms with van der Waals surface area (Å²) in [7, 11) is 1.87. The minimum Gasteiger partial charge on any atom is -0.388 e. The molecule has 1 fully saturated rings. The molecule has 1 N–H and O–H groups in total. The Morgan fingerprint density at radius 1 is 1.41 bits per heavy atom. The SMILES string of the molecule is C=Cn1cc(CN2CCCC2CC(O)c2cnn(C)c2)cn1. The van der Waals surface area contributed by atoms with Crippen molar-refractivity contribution in [2.75, 3.05) is 6.54 Å². The number of aryl methyl sites for hydroxylation is 1. The van der Waals surface area contributed by atoms with E-state index in [1.807, 2.05) is 25.6 Å². The van der Waals surface area contributed by atoms with Crippen LogP contribution in [0.1, 0.15) is 36.5 Å². The maximum atomic E-state index is 10.4. The first-order valence-electron chi connectivity index (χ1n) is 7.72. The molecule has 118 valence electrons. The summed E-state index contributed by atoms with van der Waals surface area (Å²) in [6.45, 7) is 5.66. The first-order chi connectivity index (χ1) is 10.7. The molecule has 1 saturated heterocycles. The van der Waals surface area contributed by atoms with Gasteiger partial charge in [0.2, 0.25) is 0 Å². The molecule has 1 aliphatic heterocycles. The molecule has 3 rings (SSSR count). The third kappa shape index (κ3) is 3.28. The van der Waals surface area contributed by atoms with Gasteiger partial charge in [-0.3, -0.25) is 9.58 Å². The molecule has 0 aliphatic carbocycles. The fourth-order valence-electron chi connectivity index (χ4n) is 3.17. The molecule has 0 spiro atoms. The van der Waals surface area contributed by atoms with Gasteiger partial charge in [-0.05, 0) is 25.8 Å². The Labute approximate surface area is 130 Å². The average Bonchev–Trinajstić information content (AvgIpc) is 3.22. The zero-order chi connectivity index (χ0) is 15.5. The number of aliphatic hydroxyl groups is 1. The van der Waals surface area contributed by atoms with Gasteiger partial charge in [-0.1, -0.05) is 6.58 Å². The van der Waals surface area contributed by atoms with Crippen LogP contribution in [-0.4, -0.2) is 42.2 Å². The molecule has 0 aromatic carbocycles. The molecule has 0 saturated carbocycles. The fourth-order valence-corrected chi connectivity index (χ4v) is 3.17. The van der Waals surface area contributed by atoms with Gasteiger partial charge in [0.05, 0.1) is 18.5 Å². The van der Waals surface area contributed by atoms with Gasteiger partial charge < -0.3 is 5.11 Å². The lowest BCUT2D eigenvalue weighted by Gasteiger charge is -2.25. The molecule has 2 aromatic heterocycles. The van der Waals surface area contributed by atoms with Gasteiger partial charge >= 0.3 is 0 Å². The largest absolute Gasteiger partial charge is 0.388 e. The highest BCUT2D eigenvalue weighted by molar-refractivity contribution is 5.18. The van der Waals surface area contributed by atoms with Crippen molar-refractivity contribution in [2.45, 2.75) is 38.0 Å². The molecule has 6 nitrogen and oxygen atoms in total. The Morgan fingerprint density at radius 2 is 2.27 bits per heavy atom.